The van der Waals surface area contributed by atoms with Gasteiger partial charge in [-0.25, -0.2) is 4.98 Å². The Kier molecular flexibility index (Phi) is 6.45. The standard InChI is InChI=1S/C21H26N2O2S/c1-15-5-3-4-6-20(15)23-21(24)12-9-17-7-10-19(11-8-17)25-13-18-14-26-16(2)22-18/h7-12,14-15,20H,3-6,13H2,1-2H3,(H,23,24)/b12-9+. The van der Waals surface area contributed by atoms with Gasteiger partial charge in [0, 0.05) is 17.5 Å². The van der Waals surface area contributed by atoms with E-state index in [-0.39, 0.29) is 5.91 Å². The fourth-order valence-electron chi connectivity index (χ4n) is 3.24. The smallest absolute Gasteiger partial charge is 0.244 e. The van der Waals surface area contributed by atoms with E-state index < -0.39 is 0 Å². The molecule has 0 saturated heterocycles. The van der Waals surface area contributed by atoms with Gasteiger partial charge in [-0.1, -0.05) is 31.9 Å². The number of aromatic nitrogens is 1. The van der Waals surface area contributed by atoms with E-state index >= 15 is 0 Å². The third-order valence-electron chi connectivity index (χ3n) is 4.80. The van der Waals surface area contributed by atoms with Crippen molar-refractivity contribution >= 4 is 23.3 Å². The van der Waals surface area contributed by atoms with Crippen LogP contribution in [-0.4, -0.2) is 16.9 Å². The lowest BCUT2D eigenvalue weighted by atomic mass is 9.86. The van der Waals surface area contributed by atoms with Gasteiger partial charge < -0.3 is 10.1 Å². The molecule has 2 aromatic rings. The monoisotopic (exact) mass is 370 g/mol. The lowest BCUT2D eigenvalue weighted by Gasteiger charge is -2.29. The maximum atomic E-state index is 12.1. The average molecular weight is 371 g/mol. The van der Waals surface area contributed by atoms with E-state index in [1.807, 2.05) is 42.6 Å². The van der Waals surface area contributed by atoms with E-state index in [4.69, 9.17) is 4.74 Å². The number of amides is 1. The Morgan fingerprint density at radius 2 is 2.08 bits per heavy atom. The van der Waals surface area contributed by atoms with Crippen molar-refractivity contribution in [3.8, 4) is 5.75 Å². The van der Waals surface area contributed by atoms with Gasteiger partial charge in [-0.05, 0) is 49.5 Å². The minimum Gasteiger partial charge on any atom is -0.487 e. The second-order valence-corrected chi connectivity index (χ2v) is 7.99. The summed E-state index contributed by atoms with van der Waals surface area (Å²) in [4.78, 5) is 16.5. The van der Waals surface area contributed by atoms with Crippen LogP contribution < -0.4 is 10.1 Å². The van der Waals surface area contributed by atoms with Gasteiger partial charge in [0.05, 0.1) is 10.7 Å². The van der Waals surface area contributed by atoms with Crippen LogP contribution >= 0.6 is 11.3 Å². The number of ether oxygens (including phenoxy) is 1. The summed E-state index contributed by atoms with van der Waals surface area (Å²) in [5, 5.41) is 6.19. The molecular formula is C21H26N2O2S. The van der Waals surface area contributed by atoms with Crippen LogP contribution in [0.3, 0.4) is 0 Å². The Balaban J connectivity index is 1.48. The van der Waals surface area contributed by atoms with Gasteiger partial charge in [-0.15, -0.1) is 11.3 Å². The lowest BCUT2D eigenvalue weighted by Crippen LogP contribution is -2.40. The topological polar surface area (TPSA) is 51.2 Å². The Morgan fingerprint density at radius 3 is 2.77 bits per heavy atom. The highest BCUT2D eigenvalue weighted by Gasteiger charge is 2.21. The van der Waals surface area contributed by atoms with Crippen LogP contribution in [0.2, 0.25) is 0 Å². The number of aryl methyl sites for hydroxylation is 1. The van der Waals surface area contributed by atoms with Crippen LogP contribution in [0, 0.1) is 12.8 Å². The molecule has 1 aliphatic carbocycles. The van der Waals surface area contributed by atoms with E-state index in [1.165, 1.54) is 19.3 Å². The number of thiazole rings is 1. The quantitative estimate of drug-likeness (QED) is 0.747. The Hall–Kier alpha value is -2.14. The summed E-state index contributed by atoms with van der Waals surface area (Å²) in [5.41, 5.74) is 1.93. The third-order valence-corrected chi connectivity index (χ3v) is 5.62. The van der Waals surface area contributed by atoms with Gasteiger partial charge in [0.15, 0.2) is 0 Å². The van der Waals surface area contributed by atoms with Crippen LogP contribution in [0.4, 0.5) is 0 Å². The minimum absolute atomic E-state index is 0.0111. The second-order valence-electron chi connectivity index (χ2n) is 6.93. The largest absolute Gasteiger partial charge is 0.487 e. The molecule has 0 aliphatic heterocycles. The van der Waals surface area contributed by atoms with Crippen LogP contribution in [-0.2, 0) is 11.4 Å². The summed E-state index contributed by atoms with van der Waals surface area (Å²) in [6.45, 7) is 4.68. The number of hydrogen-bond donors (Lipinski definition) is 1. The molecule has 5 heteroatoms. The zero-order valence-corrected chi connectivity index (χ0v) is 16.2. The van der Waals surface area contributed by atoms with Crippen LogP contribution in [0.25, 0.3) is 6.08 Å². The van der Waals surface area contributed by atoms with E-state index in [0.29, 0.717) is 18.6 Å². The van der Waals surface area contributed by atoms with E-state index in [9.17, 15) is 4.79 Å². The molecule has 138 valence electrons. The van der Waals surface area contributed by atoms with E-state index in [2.05, 4.69) is 17.2 Å². The van der Waals surface area contributed by atoms with Crippen molar-refractivity contribution in [2.24, 2.45) is 5.92 Å². The first-order valence-electron chi connectivity index (χ1n) is 9.22. The molecular weight excluding hydrogens is 344 g/mol. The summed E-state index contributed by atoms with van der Waals surface area (Å²) >= 11 is 1.63. The lowest BCUT2D eigenvalue weighted by molar-refractivity contribution is -0.117. The molecule has 4 nitrogen and oxygen atoms in total. The van der Waals surface area contributed by atoms with Gasteiger partial charge >= 0.3 is 0 Å². The number of nitrogens with zero attached hydrogens (tertiary/aromatic N) is 1. The van der Waals surface area contributed by atoms with Gasteiger partial charge in [0.25, 0.3) is 0 Å². The normalized spacial score (nSPS) is 20.2. The molecule has 1 aliphatic rings. The van der Waals surface area contributed by atoms with Crippen molar-refractivity contribution in [2.45, 2.75) is 52.2 Å². The maximum absolute atomic E-state index is 12.1. The predicted octanol–water partition coefficient (Wildman–Crippen LogP) is 4.74. The summed E-state index contributed by atoms with van der Waals surface area (Å²) in [6, 6.07) is 8.05. The molecule has 1 N–H and O–H groups in total. The Morgan fingerprint density at radius 1 is 1.31 bits per heavy atom. The first-order chi connectivity index (χ1) is 12.6. The second kappa shape index (κ2) is 8.99. The highest BCUT2D eigenvalue weighted by Crippen LogP contribution is 2.23. The summed E-state index contributed by atoms with van der Waals surface area (Å²) < 4.78 is 5.74. The molecule has 2 unspecified atom stereocenters. The maximum Gasteiger partial charge on any atom is 0.244 e. The number of carbonyl (C=O) groups is 1. The van der Waals surface area contributed by atoms with Crippen molar-refractivity contribution in [3.63, 3.8) is 0 Å². The van der Waals surface area contributed by atoms with E-state index in [1.54, 1.807) is 17.4 Å². The Labute approximate surface area is 159 Å². The first-order valence-corrected chi connectivity index (χ1v) is 10.1. The van der Waals surface area contributed by atoms with Gasteiger partial charge in [0.2, 0.25) is 5.91 Å². The highest BCUT2D eigenvalue weighted by molar-refractivity contribution is 7.09. The molecule has 3 rings (SSSR count). The zero-order valence-electron chi connectivity index (χ0n) is 15.4. The Bertz CT molecular complexity index is 752. The van der Waals surface area contributed by atoms with Crippen molar-refractivity contribution < 1.29 is 9.53 Å². The third kappa shape index (κ3) is 5.43. The molecule has 0 radical (unpaired) electrons. The molecule has 1 amide bonds. The number of benzene rings is 1. The van der Waals surface area contributed by atoms with Gasteiger partial charge in [0.1, 0.15) is 12.4 Å². The molecule has 1 heterocycles. The molecule has 2 atom stereocenters. The molecule has 0 bridgehead atoms. The molecule has 0 spiro atoms. The molecule has 1 saturated carbocycles. The highest BCUT2D eigenvalue weighted by atomic mass is 32.1. The summed E-state index contributed by atoms with van der Waals surface area (Å²) in [6.07, 6.45) is 8.24. The fourth-order valence-corrected chi connectivity index (χ4v) is 3.84. The van der Waals surface area contributed by atoms with Crippen LogP contribution in [0.15, 0.2) is 35.7 Å². The van der Waals surface area contributed by atoms with Crippen molar-refractivity contribution in [2.75, 3.05) is 0 Å². The van der Waals surface area contributed by atoms with Crippen LogP contribution in [0.1, 0.15) is 48.9 Å². The fraction of sp³-hybridized carbons (Fsp3) is 0.429. The first kappa shape index (κ1) is 18.6. The zero-order chi connectivity index (χ0) is 18.4. The SMILES string of the molecule is Cc1nc(COc2ccc(/C=C/C(=O)NC3CCCCC3C)cc2)cs1. The van der Waals surface area contributed by atoms with Gasteiger partial charge in [-0.2, -0.15) is 0 Å². The molecule has 1 fully saturated rings. The minimum atomic E-state index is -0.0111. The van der Waals surface area contributed by atoms with Crippen LogP contribution in [0.5, 0.6) is 5.75 Å². The molecule has 1 aromatic carbocycles. The van der Waals surface area contributed by atoms with E-state index in [0.717, 1.165) is 28.4 Å². The van der Waals surface area contributed by atoms with Crippen molar-refractivity contribution in [3.05, 3.63) is 52.0 Å². The summed E-state index contributed by atoms with van der Waals surface area (Å²) in [7, 11) is 0. The molecule has 26 heavy (non-hydrogen) atoms. The number of carbonyl (C=O) groups excluding carboxylic acids is 1. The number of rotatable bonds is 6. The number of nitrogens with one attached hydrogen (secondary N) is 1. The summed E-state index contributed by atoms with van der Waals surface area (Å²) in [5.74, 6) is 1.36. The average Bonchev–Trinajstić information content (AvgIpc) is 3.06. The van der Waals surface area contributed by atoms with Gasteiger partial charge in [-0.3, -0.25) is 4.79 Å². The predicted molar refractivity (Wildman–Crippen MR) is 106 cm³/mol. The number of hydrogen-bond acceptors (Lipinski definition) is 4. The molecule has 1 aromatic heterocycles. The van der Waals surface area contributed by atoms with Crippen molar-refractivity contribution in [1.29, 1.82) is 0 Å². The van der Waals surface area contributed by atoms with Crippen molar-refractivity contribution in [1.82, 2.24) is 10.3 Å².